The van der Waals surface area contributed by atoms with Gasteiger partial charge in [0.1, 0.15) is 0 Å². The van der Waals surface area contributed by atoms with Gasteiger partial charge in [0.25, 0.3) is 5.97 Å². The van der Waals surface area contributed by atoms with Crippen LogP contribution in [0.25, 0.3) is 0 Å². The Bertz CT molecular complexity index is 286. The summed E-state index contributed by atoms with van der Waals surface area (Å²) in [6.45, 7) is 10.9. The molecule has 1 atom stereocenters. The fourth-order valence-corrected chi connectivity index (χ4v) is 3.62. The van der Waals surface area contributed by atoms with Crippen LogP contribution in [-0.2, 0) is 14.2 Å². The van der Waals surface area contributed by atoms with Crippen molar-refractivity contribution >= 4 is 11.6 Å². The average molecular weight is 421 g/mol. The Morgan fingerprint density at radius 2 is 1.00 bits per heavy atom. The molecule has 0 aromatic rings. The number of ether oxygens (including phenoxy) is 3. The van der Waals surface area contributed by atoms with Gasteiger partial charge in [0.05, 0.1) is 19.8 Å². The molecule has 0 bridgehead atoms. The Morgan fingerprint density at radius 3 is 1.43 bits per heavy atom. The van der Waals surface area contributed by atoms with Crippen LogP contribution < -0.4 is 0 Å². The Balaban J connectivity index is 5.08. The lowest BCUT2D eigenvalue weighted by molar-refractivity contribution is -0.406. The van der Waals surface area contributed by atoms with Gasteiger partial charge in [-0.3, -0.25) is 0 Å². The number of unbranched alkanes of at least 4 members (excludes halogenated alkanes) is 8. The molecule has 0 N–H and O–H groups in total. The van der Waals surface area contributed by atoms with Crippen molar-refractivity contribution < 1.29 is 14.2 Å². The van der Waals surface area contributed by atoms with Crippen LogP contribution in [0.2, 0.25) is 0 Å². The molecule has 0 heterocycles. The minimum Gasteiger partial charge on any atom is -0.327 e. The Kier molecular flexibility index (Phi) is 20.6. The summed E-state index contributed by atoms with van der Waals surface area (Å²) in [4.78, 5) is 0. The molecule has 0 aliphatic rings. The summed E-state index contributed by atoms with van der Waals surface area (Å²) in [5, 5.41) is 0. The van der Waals surface area contributed by atoms with Gasteiger partial charge in [-0.05, 0) is 32.1 Å². The quantitative estimate of drug-likeness (QED) is 0.100. The second-order valence-electron chi connectivity index (χ2n) is 7.94. The third-order valence-corrected chi connectivity index (χ3v) is 5.49. The van der Waals surface area contributed by atoms with Gasteiger partial charge in [0.15, 0.2) is 0 Å². The number of alkyl halides is 1. The van der Waals surface area contributed by atoms with E-state index in [2.05, 4.69) is 27.7 Å². The van der Waals surface area contributed by atoms with E-state index in [-0.39, 0.29) is 5.92 Å². The van der Waals surface area contributed by atoms with Crippen LogP contribution in [0.3, 0.4) is 0 Å². The monoisotopic (exact) mass is 420 g/mol. The van der Waals surface area contributed by atoms with E-state index in [1.54, 1.807) is 0 Å². The number of halogens is 1. The van der Waals surface area contributed by atoms with Crippen molar-refractivity contribution in [3.63, 3.8) is 0 Å². The highest BCUT2D eigenvalue weighted by atomic mass is 35.5. The molecule has 0 saturated heterocycles. The standard InChI is InChI=1S/C24H49ClO3/c1-5-9-13-14-15-16-17-23(18-19-25)24(26-20-10-6-2,27-21-11-7-3)28-22-12-8-4/h23H,5-22H2,1-4H3. The largest absolute Gasteiger partial charge is 0.327 e. The molecule has 1 unspecified atom stereocenters. The smallest absolute Gasteiger partial charge is 0.285 e. The topological polar surface area (TPSA) is 27.7 Å². The van der Waals surface area contributed by atoms with Gasteiger partial charge in [-0.25, -0.2) is 0 Å². The third-order valence-electron chi connectivity index (χ3n) is 5.27. The first-order chi connectivity index (χ1) is 13.7. The van der Waals surface area contributed by atoms with E-state index in [1.807, 2.05) is 0 Å². The molecule has 28 heavy (non-hydrogen) atoms. The highest BCUT2D eigenvalue weighted by Gasteiger charge is 2.42. The molecule has 0 spiro atoms. The van der Waals surface area contributed by atoms with Gasteiger partial charge < -0.3 is 14.2 Å². The van der Waals surface area contributed by atoms with Crippen LogP contribution in [0.4, 0.5) is 0 Å². The molecule has 0 aliphatic heterocycles. The van der Waals surface area contributed by atoms with E-state index in [1.165, 1.54) is 38.5 Å². The van der Waals surface area contributed by atoms with Crippen LogP contribution >= 0.6 is 11.6 Å². The summed E-state index contributed by atoms with van der Waals surface area (Å²) in [6.07, 6.45) is 16.1. The molecule has 3 nitrogen and oxygen atoms in total. The van der Waals surface area contributed by atoms with Gasteiger partial charge in [0, 0.05) is 11.8 Å². The van der Waals surface area contributed by atoms with Crippen LogP contribution in [-0.4, -0.2) is 31.7 Å². The Morgan fingerprint density at radius 1 is 0.571 bits per heavy atom. The zero-order chi connectivity index (χ0) is 20.9. The maximum atomic E-state index is 6.37. The Labute approximate surface area is 181 Å². The van der Waals surface area contributed by atoms with Gasteiger partial charge in [-0.1, -0.05) is 85.5 Å². The fourth-order valence-electron chi connectivity index (χ4n) is 3.36. The average Bonchev–Trinajstić information content (AvgIpc) is 2.70. The first-order valence-corrected chi connectivity index (χ1v) is 12.7. The fraction of sp³-hybridized carbons (Fsp3) is 1.00. The van der Waals surface area contributed by atoms with Crippen LogP contribution in [0.1, 0.15) is 118 Å². The van der Waals surface area contributed by atoms with Crippen LogP contribution in [0.5, 0.6) is 0 Å². The van der Waals surface area contributed by atoms with E-state index >= 15 is 0 Å². The molecule has 170 valence electrons. The predicted octanol–water partition coefficient (Wildman–Crippen LogP) is 8.09. The van der Waals surface area contributed by atoms with E-state index < -0.39 is 5.97 Å². The first-order valence-electron chi connectivity index (χ1n) is 12.2. The lowest BCUT2D eigenvalue weighted by Gasteiger charge is -2.40. The van der Waals surface area contributed by atoms with E-state index in [9.17, 15) is 0 Å². The molecule has 0 amide bonds. The predicted molar refractivity (Wildman–Crippen MR) is 122 cm³/mol. The van der Waals surface area contributed by atoms with Gasteiger partial charge >= 0.3 is 0 Å². The van der Waals surface area contributed by atoms with Crippen molar-refractivity contribution in [1.82, 2.24) is 0 Å². The molecule has 0 rings (SSSR count). The van der Waals surface area contributed by atoms with E-state index in [0.717, 1.165) is 51.4 Å². The summed E-state index contributed by atoms with van der Waals surface area (Å²) in [7, 11) is 0. The number of rotatable bonds is 22. The third kappa shape index (κ3) is 13.4. The van der Waals surface area contributed by atoms with Crippen molar-refractivity contribution in [2.45, 2.75) is 124 Å². The second-order valence-corrected chi connectivity index (χ2v) is 8.32. The maximum absolute atomic E-state index is 6.37. The van der Waals surface area contributed by atoms with Crippen molar-refractivity contribution in [2.75, 3.05) is 25.7 Å². The second kappa shape index (κ2) is 20.4. The Hall–Kier alpha value is 0.170. The summed E-state index contributed by atoms with van der Waals surface area (Å²) in [5.41, 5.74) is 0. The molecule has 0 aromatic carbocycles. The summed E-state index contributed by atoms with van der Waals surface area (Å²) in [5.74, 6) is -0.104. The lowest BCUT2D eigenvalue weighted by Crippen LogP contribution is -2.47. The van der Waals surface area contributed by atoms with Crippen molar-refractivity contribution in [3.8, 4) is 0 Å². The maximum Gasteiger partial charge on any atom is 0.285 e. The molecule has 0 fully saturated rings. The number of hydrogen-bond acceptors (Lipinski definition) is 3. The molecule has 0 aliphatic carbocycles. The molecular formula is C24H49ClO3. The summed E-state index contributed by atoms with van der Waals surface area (Å²) in [6, 6.07) is 0. The molecule has 0 radical (unpaired) electrons. The lowest BCUT2D eigenvalue weighted by atomic mass is 9.94. The zero-order valence-corrected chi connectivity index (χ0v) is 20.2. The molecule has 4 heteroatoms. The normalized spacial score (nSPS) is 13.2. The van der Waals surface area contributed by atoms with Crippen molar-refractivity contribution in [2.24, 2.45) is 5.92 Å². The van der Waals surface area contributed by atoms with Crippen LogP contribution in [0.15, 0.2) is 0 Å². The SMILES string of the molecule is CCCCCCCCC(CCCl)C(OCCCC)(OCCCC)OCCCC. The highest BCUT2D eigenvalue weighted by molar-refractivity contribution is 6.17. The van der Waals surface area contributed by atoms with Crippen LogP contribution in [0, 0.1) is 5.92 Å². The molecule has 0 saturated carbocycles. The summed E-state index contributed by atoms with van der Waals surface area (Å²) < 4.78 is 19.1. The van der Waals surface area contributed by atoms with Crippen molar-refractivity contribution in [1.29, 1.82) is 0 Å². The van der Waals surface area contributed by atoms with Gasteiger partial charge in [-0.15, -0.1) is 11.6 Å². The van der Waals surface area contributed by atoms with Crippen molar-refractivity contribution in [3.05, 3.63) is 0 Å². The molecular weight excluding hydrogens is 372 g/mol. The number of hydrogen-bond donors (Lipinski definition) is 0. The molecule has 0 aromatic heterocycles. The van der Waals surface area contributed by atoms with E-state index in [4.69, 9.17) is 25.8 Å². The minimum atomic E-state index is -0.919. The van der Waals surface area contributed by atoms with E-state index in [0.29, 0.717) is 25.7 Å². The highest BCUT2D eigenvalue weighted by Crippen LogP contribution is 2.34. The van der Waals surface area contributed by atoms with Gasteiger partial charge in [-0.2, -0.15) is 0 Å². The van der Waals surface area contributed by atoms with Gasteiger partial charge in [0.2, 0.25) is 0 Å². The zero-order valence-electron chi connectivity index (χ0n) is 19.4. The summed E-state index contributed by atoms with van der Waals surface area (Å²) >= 11 is 6.20. The first kappa shape index (κ1) is 28.2. The minimum absolute atomic E-state index is 0.196.